The van der Waals surface area contributed by atoms with Gasteiger partial charge in [0.15, 0.2) is 0 Å². The van der Waals surface area contributed by atoms with Crippen LogP contribution in [-0.2, 0) is 27.9 Å². The predicted octanol–water partition coefficient (Wildman–Crippen LogP) is 6.85. The molecule has 6 heteroatoms. The van der Waals surface area contributed by atoms with E-state index in [0.29, 0.717) is 6.54 Å². The van der Waals surface area contributed by atoms with Gasteiger partial charge in [0.05, 0.1) is 24.7 Å². The standard InChI is InChI=1S/C33H35N3O3/c1-23-34-30-18-17-28(21-31(30)35(23)2)26-15-12-25(13-16-26)22-36(33(38)27-9-5-4-6-10-27)29-11-7-8-24(20-29)14-19-32(37)39-3/h7-8,11-21,27H,4-6,9-10,22H2,1-3H3/b19-14+. The molecule has 200 valence electrons. The molecule has 0 spiro atoms. The van der Waals surface area contributed by atoms with Gasteiger partial charge >= 0.3 is 5.97 Å². The number of benzene rings is 3. The summed E-state index contributed by atoms with van der Waals surface area (Å²) in [6, 6.07) is 22.6. The molecule has 0 radical (unpaired) electrons. The van der Waals surface area contributed by atoms with Crippen molar-refractivity contribution < 1.29 is 14.3 Å². The van der Waals surface area contributed by atoms with Crippen molar-refractivity contribution in [2.75, 3.05) is 12.0 Å². The van der Waals surface area contributed by atoms with Crippen molar-refractivity contribution in [1.29, 1.82) is 0 Å². The first-order valence-corrected chi connectivity index (χ1v) is 13.6. The first-order chi connectivity index (χ1) is 18.9. The minimum atomic E-state index is -0.409. The SMILES string of the molecule is COC(=O)/C=C/c1cccc(N(Cc2ccc(-c3ccc4nc(C)n(C)c4c3)cc2)C(=O)C2CCCCC2)c1. The lowest BCUT2D eigenvalue weighted by molar-refractivity contribution is -0.134. The number of aromatic nitrogens is 2. The number of carbonyl (C=O) groups is 2. The zero-order valence-electron chi connectivity index (χ0n) is 22.9. The number of imidazole rings is 1. The molecule has 0 bridgehead atoms. The number of hydrogen-bond donors (Lipinski definition) is 0. The predicted molar refractivity (Wildman–Crippen MR) is 156 cm³/mol. The van der Waals surface area contributed by atoms with E-state index >= 15 is 0 Å². The molecule has 6 nitrogen and oxygen atoms in total. The molecule has 3 aromatic carbocycles. The maximum absolute atomic E-state index is 13.8. The van der Waals surface area contributed by atoms with Crippen LogP contribution in [0.1, 0.15) is 49.1 Å². The molecule has 0 atom stereocenters. The first-order valence-electron chi connectivity index (χ1n) is 13.6. The fourth-order valence-electron chi connectivity index (χ4n) is 5.37. The monoisotopic (exact) mass is 521 g/mol. The third-order valence-corrected chi connectivity index (χ3v) is 7.75. The first kappa shape index (κ1) is 26.4. The van der Waals surface area contributed by atoms with Crippen LogP contribution in [0, 0.1) is 12.8 Å². The Morgan fingerprint density at radius 1 is 1.00 bits per heavy atom. The highest BCUT2D eigenvalue weighted by Gasteiger charge is 2.27. The Morgan fingerprint density at radius 2 is 1.74 bits per heavy atom. The van der Waals surface area contributed by atoms with Crippen molar-refractivity contribution >= 4 is 34.7 Å². The number of fused-ring (bicyclic) bond motifs is 1. The van der Waals surface area contributed by atoms with Gasteiger partial charge in [-0.3, -0.25) is 4.79 Å². The minimum absolute atomic E-state index is 0.0429. The number of ether oxygens (including phenoxy) is 1. The molecule has 4 aromatic rings. The van der Waals surface area contributed by atoms with E-state index in [4.69, 9.17) is 4.74 Å². The van der Waals surface area contributed by atoms with Crippen molar-refractivity contribution in [1.82, 2.24) is 9.55 Å². The summed E-state index contributed by atoms with van der Waals surface area (Å²) in [6.45, 7) is 2.50. The summed E-state index contributed by atoms with van der Waals surface area (Å²) in [5.74, 6) is 0.796. The lowest BCUT2D eigenvalue weighted by Gasteiger charge is -2.30. The summed E-state index contributed by atoms with van der Waals surface area (Å²) in [4.78, 5) is 31.9. The van der Waals surface area contributed by atoms with E-state index in [9.17, 15) is 9.59 Å². The van der Waals surface area contributed by atoms with Crippen molar-refractivity contribution in [3.63, 3.8) is 0 Å². The van der Waals surface area contributed by atoms with Crippen molar-refractivity contribution in [2.24, 2.45) is 13.0 Å². The van der Waals surface area contributed by atoms with Gasteiger partial charge in [0, 0.05) is 24.7 Å². The Morgan fingerprint density at radius 3 is 2.49 bits per heavy atom. The fraction of sp³-hybridized carbons (Fsp3) is 0.303. The van der Waals surface area contributed by atoms with Gasteiger partial charge in [-0.25, -0.2) is 9.78 Å². The Balaban J connectivity index is 1.42. The minimum Gasteiger partial charge on any atom is -0.466 e. The van der Waals surface area contributed by atoms with Gasteiger partial charge in [0.1, 0.15) is 5.82 Å². The van der Waals surface area contributed by atoms with E-state index in [1.54, 1.807) is 6.08 Å². The topological polar surface area (TPSA) is 64.4 Å². The van der Waals surface area contributed by atoms with Gasteiger partial charge in [-0.05, 0) is 72.4 Å². The molecule has 5 rings (SSSR count). The zero-order valence-corrected chi connectivity index (χ0v) is 22.9. The second kappa shape index (κ2) is 11.7. The van der Waals surface area contributed by atoms with Crippen LogP contribution in [0.15, 0.2) is 72.8 Å². The zero-order chi connectivity index (χ0) is 27.4. The van der Waals surface area contributed by atoms with Crippen LogP contribution in [0.5, 0.6) is 0 Å². The highest BCUT2D eigenvalue weighted by Crippen LogP contribution is 2.30. The number of amides is 1. The molecule has 0 N–H and O–H groups in total. The van der Waals surface area contributed by atoms with Crippen LogP contribution >= 0.6 is 0 Å². The molecule has 1 fully saturated rings. The van der Waals surface area contributed by atoms with Crippen LogP contribution < -0.4 is 4.90 Å². The third kappa shape index (κ3) is 5.95. The summed E-state index contributed by atoms with van der Waals surface area (Å²) in [7, 11) is 3.40. The lowest BCUT2D eigenvalue weighted by Crippen LogP contribution is -2.36. The largest absolute Gasteiger partial charge is 0.466 e. The van der Waals surface area contributed by atoms with E-state index in [2.05, 4.69) is 52.0 Å². The lowest BCUT2D eigenvalue weighted by atomic mass is 9.88. The van der Waals surface area contributed by atoms with Crippen LogP contribution in [-0.4, -0.2) is 28.5 Å². The molecule has 1 aliphatic rings. The number of rotatable bonds is 7. The molecule has 1 saturated carbocycles. The summed E-state index contributed by atoms with van der Waals surface area (Å²) < 4.78 is 6.83. The Hall–Kier alpha value is -4.19. The van der Waals surface area contributed by atoms with E-state index in [1.165, 1.54) is 19.6 Å². The molecule has 0 aliphatic heterocycles. The Bertz CT molecular complexity index is 1510. The van der Waals surface area contributed by atoms with E-state index in [-0.39, 0.29) is 11.8 Å². The number of aryl methyl sites for hydroxylation is 2. The second-order valence-electron chi connectivity index (χ2n) is 10.3. The molecule has 0 saturated heterocycles. The summed E-state index contributed by atoms with van der Waals surface area (Å²) in [6.07, 6.45) is 8.38. The maximum atomic E-state index is 13.8. The van der Waals surface area contributed by atoms with Crippen molar-refractivity contribution in [2.45, 2.75) is 45.6 Å². The third-order valence-electron chi connectivity index (χ3n) is 7.75. The number of carbonyl (C=O) groups excluding carboxylic acids is 2. The fourth-order valence-corrected chi connectivity index (χ4v) is 5.37. The van der Waals surface area contributed by atoms with Gasteiger partial charge in [-0.1, -0.05) is 61.7 Å². The summed E-state index contributed by atoms with van der Waals surface area (Å²) in [5, 5.41) is 0. The maximum Gasteiger partial charge on any atom is 0.330 e. The van der Waals surface area contributed by atoms with Crippen molar-refractivity contribution in [3.05, 3.63) is 89.8 Å². The number of hydrogen-bond acceptors (Lipinski definition) is 4. The van der Waals surface area contributed by atoms with Crippen LogP contribution in [0.25, 0.3) is 28.2 Å². The van der Waals surface area contributed by atoms with Crippen LogP contribution in [0.3, 0.4) is 0 Å². The van der Waals surface area contributed by atoms with Gasteiger partial charge in [-0.2, -0.15) is 0 Å². The highest BCUT2D eigenvalue weighted by molar-refractivity contribution is 5.95. The van der Waals surface area contributed by atoms with E-state index in [0.717, 1.165) is 70.5 Å². The Kier molecular flexibility index (Phi) is 7.92. The average Bonchev–Trinajstić information content (AvgIpc) is 3.27. The van der Waals surface area contributed by atoms with Gasteiger partial charge in [0.2, 0.25) is 5.91 Å². The Labute approximate surface area is 229 Å². The van der Waals surface area contributed by atoms with Crippen LogP contribution in [0.2, 0.25) is 0 Å². The number of nitrogens with zero attached hydrogens (tertiary/aromatic N) is 3. The smallest absolute Gasteiger partial charge is 0.330 e. The molecule has 1 heterocycles. The molecule has 0 unspecified atom stereocenters. The highest BCUT2D eigenvalue weighted by atomic mass is 16.5. The van der Waals surface area contributed by atoms with Gasteiger partial charge < -0.3 is 14.2 Å². The summed E-state index contributed by atoms with van der Waals surface area (Å²) in [5.41, 5.74) is 7.11. The molecular formula is C33H35N3O3. The molecule has 1 amide bonds. The van der Waals surface area contributed by atoms with Crippen LogP contribution in [0.4, 0.5) is 5.69 Å². The van der Waals surface area contributed by atoms with Gasteiger partial charge in [-0.15, -0.1) is 0 Å². The van der Waals surface area contributed by atoms with E-state index in [1.807, 2.05) is 43.1 Å². The van der Waals surface area contributed by atoms with E-state index < -0.39 is 5.97 Å². The molecular weight excluding hydrogens is 486 g/mol. The van der Waals surface area contributed by atoms with Crippen molar-refractivity contribution in [3.8, 4) is 11.1 Å². The van der Waals surface area contributed by atoms with Gasteiger partial charge in [0.25, 0.3) is 0 Å². The molecule has 39 heavy (non-hydrogen) atoms. The average molecular weight is 522 g/mol. The molecule has 1 aromatic heterocycles. The quantitative estimate of drug-likeness (QED) is 0.197. The normalized spacial score (nSPS) is 14.1. The number of esters is 1. The number of methoxy groups -OCH3 is 1. The molecule has 1 aliphatic carbocycles. The summed E-state index contributed by atoms with van der Waals surface area (Å²) >= 11 is 0. The second-order valence-corrected chi connectivity index (χ2v) is 10.3. The number of anilines is 1.